The molecule has 1 N–H and O–H groups in total. The quantitative estimate of drug-likeness (QED) is 0.669. The molecule has 1 heterocycles. The SMILES string of the molecule is COc1ccc(CNC(=O)COC(=O)CCc2c(C)noc2C)cc1OC. The van der Waals surface area contributed by atoms with E-state index in [2.05, 4.69) is 10.5 Å². The Balaban J connectivity index is 1.73. The van der Waals surface area contributed by atoms with Gasteiger partial charge < -0.3 is 24.1 Å². The first-order chi connectivity index (χ1) is 12.9. The molecular formula is C19H24N2O6. The van der Waals surface area contributed by atoms with Crippen molar-refractivity contribution >= 4 is 11.9 Å². The van der Waals surface area contributed by atoms with Crippen LogP contribution in [0.1, 0.15) is 29.0 Å². The number of hydrogen-bond acceptors (Lipinski definition) is 7. The minimum absolute atomic E-state index is 0.159. The third-order valence-corrected chi connectivity index (χ3v) is 4.06. The largest absolute Gasteiger partial charge is 0.493 e. The molecule has 0 atom stereocenters. The molecule has 1 aromatic heterocycles. The molecule has 0 spiro atoms. The van der Waals surface area contributed by atoms with Gasteiger partial charge in [0.25, 0.3) is 5.91 Å². The van der Waals surface area contributed by atoms with Gasteiger partial charge >= 0.3 is 5.97 Å². The number of carbonyl (C=O) groups is 2. The summed E-state index contributed by atoms with van der Waals surface area (Å²) in [6.45, 7) is 3.57. The maximum Gasteiger partial charge on any atom is 0.306 e. The third kappa shape index (κ3) is 5.73. The molecule has 0 aliphatic rings. The van der Waals surface area contributed by atoms with Gasteiger partial charge in [-0.2, -0.15) is 0 Å². The van der Waals surface area contributed by atoms with E-state index in [1.54, 1.807) is 33.3 Å². The number of hydrogen-bond donors (Lipinski definition) is 1. The van der Waals surface area contributed by atoms with Crippen LogP contribution >= 0.6 is 0 Å². The van der Waals surface area contributed by atoms with Gasteiger partial charge in [-0.05, 0) is 38.0 Å². The number of esters is 1. The number of aromatic nitrogens is 1. The van der Waals surface area contributed by atoms with Crippen molar-refractivity contribution in [1.29, 1.82) is 0 Å². The highest BCUT2D eigenvalue weighted by Crippen LogP contribution is 2.27. The Morgan fingerprint density at radius 3 is 2.52 bits per heavy atom. The second-order valence-corrected chi connectivity index (χ2v) is 5.93. The molecule has 0 saturated heterocycles. The average Bonchev–Trinajstić information content (AvgIpc) is 3.00. The lowest BCUT2D eigenvalue weighted by atomic mass is 10.1. The second kappa shape index (κ2) is 9.61. The predicted octanol–water partition coefficient (Wildman–Crippen LogP) is 2.10. The number of nitrogens with one attached hydrogen (secondary N) is 1. The molecule has 0 unspecified atom stereocenters. The first kappa shape index (κ1) is 20.3. The number of benzene rings is 1. The molecule has 1 aromatic carbocycles. The maximum absolute atomic E-state index is 11.9. The molecule has 0 saturated carbocycles. The molecule has 1 amide bonds. The normalized spacial score (nSPS) is 10.4. The zero-order chi connectivity index (χ0) is 19.8. The number of nitrogens with zero attached hydrogens (tertiary/aromatic N) is 1. The molecule has 0 aliphatic carbocycles. The summed E-state index contributed by atoms with van der Waals surface area (Å²) < 4.78 is 20.4. The second-order valence-electron chi connectivity index (χ2n) is 5.93. The van der Waals surface area contributed by atoms with E-state index in [9.17, 15) is 9.59 Å². The van der Waals surface area contributed by atoms with E-state index in [4.69, 9.17) is 18.7 Å². The molecule has 2 aromatic rings. The summed E-state index contributed by atoms with van der Waals surface area (Å²) in [5, 5.41) is 6.53. The van der Waals surface area contributed by atoms with Crippen LogP contribution in [0.2, 0.25) is 0 Å². The first-order valence-electron chi connectivity index (χ1n) is 8.49. The fourth-order valence-electron chi connectivity index (χ4n) is 2.55. The lowest BCUT2D eigenvalue weighted by Gasteiger charge is -2.10. The zero-order valence-corrected chi connectivity index (χ0v) is 16.0. The van der Waals surface area contributed by atoms with Crippen LogP contribution in [0, 0.1) is 13.8 Å². The van der Waals surface area contributed by atoms with Crippen molar-refractivity contribution in [3.63, 3.8) is 0 Å². The summed E-state index contributed by atoms with van der Waals surface area (Å²) in [7, 11) is 3.10. The Labute approximate surface area is 157 Å². The van der Waals surface area contributed by atoms with Crippen molar-refractivity contribution in [2.75, 3.05) is 20.8 Å². The van der Waals surface area contributed by atoms with Crippen molar-refractivity contribution in [3.8, 4) is 11.5 Å². The van der Waals surface area contributed by atoms with Gasteiger partial charge in [0.2, 0.25) is 0 Å². The minimum Gasteiger partial charge on any atom is -0.493 e. The minimum atomic E-state index is -0.448. The van der Waals surface area contributed by atoms with Gasteiger partial charge in [-0.1, -0.05) is 11.2 Å². The molecule has 0 radical (unpaired) electrons. The number of amides is 1. The van der Waals surface area contributed by atoms with Crippen LogP contribution in [0.4, 0.5) is 0 Å². The third-order valence-electron chi connectivity index (χ3n) is 4.06. The summed E-state index contributed by atoms with van der Waals surface area (Å²) in [5.41, 5.74) is 2.49. The van der Waals surface area contributed by atoms with E-state index in [0.717, 1.165) is 16.8 Å². The molecular weight excluding hydrogens is 352 g/mol. The molecule has 27 heavy (non-hydrogen) atoms. The van der Waals surface area contributed by atoms with Crippen molar-refractivity contribution in [2.24, 2.45) is 0 Å². The highest BCUT2D eigenvalue weighted by Gasteiger charge is 2.13. The van der Waals surface area contributed by atoms with Crippen molar-refractivity contribution in [1.82, 2.24) is 10.5 Å². The van der Waals surface area contributed by atoms with Gasteiger partial charge in [0.05, 0.1) is 19.9 Å². The fraction of sp³-hybridized carbons (Fsp3) is 0.421. The van der Waals surface area contributed by atoms with Crippen LogP contribution in [-0.2, 0) is 27.3 Å². The lowest BCUT2D eigenvalue weighted by molar-refractivity contribution is -0.148. The van der Waals surface area contributed by atoms with E-state index in [1.807, 2.05) is 13.0 Å². The van der Waals surface area contributed by atoms with Crippen molar-refractivity contribution < 1.29 is 28.3 Å². The Morgan fingerprint density at radius 2 is 1.89 bits per heavy atom. The highest BCUT2D eigenvalue weighted by atomic mass is 16.5. The Hall–Kier alpha value is -3.03. The predicted molar refractivity (Wildman–Crippen MR) is 96.6 cm³/mol. The van der Waals surface area contributed by atoms with Gasteiger partial charge in [-0.15, -0.1) is 0 Å². The Bertz CT molecular complexity index is 780. The van der Waals surface area contributed by atoms with Crippen LogP contribution < -0.4 is 14.8 Å². The first-order valence-corrected chi connectivity index (χ1v) is 8.49. The molecule has 146 valence electrons. The van der Waals surface area contributed by atoms with Crippen LogP contribution in [-0.4, -0.2) is 37.9 Å². The van der Waals surface area contributed by atoms with E-state index < -0.39 is 5.97 Å². The summed E-state index contributed by atoms with van der Waals surface area (Å²) in [6, 6.07) is 5.35. The van der Waals surface area contributed by atoms with Crippen molar-refractivity contribution in [2.45, 2.75) is 33.2 Å². The van der Waals surface area contributed by atoms with E-state index in [1.165, 1.54) is 0 Å². The number of carbonyl (C=O) groups excluding carboxylic acids is 2. The topological polar surface area (TPSA) is 99.9 Å². The van der Waals surface area contributed by atoms with Crippen LogP contribution in [0.15, 0.2) is 22.7 Å². The molecule has 0 fully saturated rings. The van der Waals surface area contributed by atoms with Crippen LogP contribution in [0.5, 0.6) is 11.5 Å². The maximum atomic E-state index is 11.9. The summed E-state index contributed by atoms with van der Waals surface area (Å²) in [6.07, 6.45) is 0.624. The summed E-state index contributed by atoms with van der Waals surface area (Å²) in [4.78, 5) is 23.7. The standard InChI is InChI=1S/C19H24N2O6/c1-12-15(13(2)27-21-12)6-8-19(23)26-11-18(22)20-10-14-5-7-16(24-3)17(9-14)25-4/h5,7,9H,6,8,10-11H2,1-4H3,(H,20,22). The fourth-order valence-corrected chi connectivity index (χ4v) is 2.55. The van der Waals surface area contributed by atoms with Crippen molar-refractivity contribution in [3.05, 3.63) is 40.8 Å². The number of rotatable bonds is 9. The number of ether oxygens (including phenoxy) is 3. The number of aryl methyl sites for hydroxylation is 2. The monoisotopic (exact) mass is 376 g/mol. The van der Waals surface area contributed by atoms with Gasteiger partial charge in [0, 0.05) is 18.5 Å². The molecule has 8 heteroatoms. The smallest absolute Gasteiger partial charge is 0.306 e. The van der Waals surface area contributed by atoms with Crippen LogP contribution in [0.3, 0.4) is 0 Å². The van der Waals surface area contributed by atoms with E-state index in [0.29, 0.717) is 23.7 Å². The lowest BCUT2D eigenvalue weighted by Crippen LogP contribution is -2.28. The van der Waals surface area contributed by atoms with E-state index in [-0.39, 0.29) is 25.5 Å². The van der Waals surface area contributed by atoms with Gasteiger partial charge in [-0.3, -0.25) is 9.59 Å². The highest BCUT2D eigenvalue weighted by molar-refractivity contribution is 5.80. The summed E-state index contributed by atoms with van der Waals surface area (Å²) in [5.74, 6) is 1.05. The molecule has 8 nitrogen and oxygen atoms in total. The molecule has 0 aliphatic heterocycles. The molecule has 2 rings (SSSR count). The average molecular weight is 376 g/mol. The van der Waals surface area contributed by atoms with E-state index >= 15 is 0 Å². The van der Waals surface area contributed by atoms with Gasteiger partial charge in [-0.25, -0.2) is 0 Å². The zero-order valence-electron chi connectivity index (χ0n) is 16.0. The Morgan fingerprint density at radius 1 is 1.15 bits per heavy atom. The van der Waals surface area contributed by atoms with Gasteiger partial charge in [0.1, 0.15) is 5.76 Å². The Kier molecular flexibility index (Phi) is 7.22. The van der Waals surface area contributed by atoms with Gasteiger partial charge in [0.15, 0.2) is 18.1 Å². The van der Waals surface area contributed by atoms with Crippen LogP contribution in [0.25, 0.3) is 0 Å². The summed E-state index contributed by atoms with van der Waals surface area (Å²) >= 11 is 0. The molecule has 0 bridgehead atoms. The number of methoxy groups -OCH3 is 2.